The van der Waals surface area contributed by atoms with Crippen molar-refractivity contribution < 1.29 is 9.52 Å². The van der Waals surface area contributed by atoms with Crippen molar-refractivity contribution in [2.24, 2.45) is 5.73 Å². The van der Waals surface area contributed by atoms with Crippen LogP contribution in [0.2, 0.25) is 0 Å². The van der Waals surface area contributed by atoms with Crippen LogP contribution in [0, 0.1) is 0 Å². The molecule has 0 saturated heterocycles. The maximum absolute atomic E-state index is 9.36. The van der Waals surface area contributed by atoms with Gasteiger partial charge < -0.3 is 15.3 Å². The van der Waals surface area contributed by atoms with Crippen molar-refractivity contribution in [3.63, 3.8) is 0 Å². The van der Waals surface area contributed by atoms with Crippen LogP contribution in [0.5, 0.6) is 5.75 Å². The molecule has 1 aromatic carbocycles. The number of hydrogen-bond donors (Lipinski definition) is 2. The molecule has 0 amide bonds. The van der Waals surface area contributed by atoms with E-state index in [0.29, 0.717) is 18.9 Å². The number of aromatic hydroxyl groups is 1. The third-order valence-corrected chi connectivity index (χ3v) is 2.69. The van der Waals surface area contributed by atoms with Crippen LogP contribution in [0.15, 0.2) is 34.9 Å². The summed E-state index contributed by atoms with van der Waals surface area (Å²) in [4.78, 5) is 4.38. The molecule has 2 aromatic rings. The number of phenolic OH excluding ortho intramolecular Hbond substituents is 1. The minimum Gasteiger partial charge on any atom is -0.508 e. The van der Waals surface area contributed by atoms with Gasteiger partial charge in [0.2, 0.25) is 0 Å². The molecule has 17 heavy (non-hydrogen) atoms. The van der Waals surface area contributed by atoms with Crippen molar-refractivity contribution in [3.05, 3.63) is 47.7 Å². The van der Waals surface area contributed by atoms with E-state index in [1.165, 1.54) is 0 Å². The Labute approximate surface area is 100 Å². The summed E-state index contributed by atoms with van der Waals surface area (Å²) in [5.41, 5.74) is 7.42. The largest absolute Gasteiger partial charge is 0.508 e. The molecule has 3 N–H and O–H groups in total. The number of nitrogens with two attached hydrogens (primary N) is 1. The highest BCUT2D eigenvalue weighted by atomic mass is 16.3. The molecular weight excluding hydrogens is 216 g/mol. The second kappa shape index (κ2) is 5.01. The van der Waals surface area contributed by atoms with Gasteiger partial charge in [0.05, 0.1) is 5.69 Å². The van der Waals surface area contributed by atoms with Crippen LogP contribution in [0.4, 0.5) is 0 Å². The second-order valence-electron chi connectivity index (χ2n) is 4.15. The summed E-state index contributed by atoms with van der Waals surface area (Å²) in [5, 5.41) is 9.36. The van der Waals surface area contributed by atoms with Crippen LogP contribution in [-0.4, -0.2) is 16.6 Å². The van der Waals surface area contributed by atoms with Gasteiger partial charge in [0.1, 0.15) is 12.0 Å². The molecule has 0 aliphatic carbocycles. The summed E-state index contributed by atoms with van der Waals surface area (Å²) in [7, 11) is 0. The van der Waals surface area contributed by atoms with Gasteiger partial charge >= 0.3 is 0 Å². The first kappa shape index (κ1) is 11.7. The predicted molar refractivity (Wildman–Crippen MR) is 64.9 cm³/mol. The molecule has 1 aromatic heterocycles. The average molecular weight is 232 g/mol. The van der Waals surface area contributed by atoms with Gasteiger partial charge in [0.15, 0.2) is 5.89 Å². The molecule has 4 nitrogen and oxygen atoms in total. The average Bonchev–Trinajstić information content (AvgIpc) is 2.76. The highest BCUT2D eigenvalue weighted by Gasteiger charge is 2.10. The van der Waals surface area contributed by atoms with Crippen LogP contribution < -0.4 is 5.73 Å². The van der Waals surface area contributed by atoms with Crippen molar-refractivity contribution in [1.82, 2.24) is 4.98 Å². The summed E-state index contributed by atoms with van der Waals surface area (Å²) in [6, 6.07) is 7.07. The fourth-order valence-corrected chi connectivity index (χ4v) is 1.59. The molecule has 0 aliphatic rings. The number of rotatable bonds is 4. The molecule has 0 saturated carbocycles. The van der Waals surface area contributed by atoms with E-state index in [4.69, 9.17) is 10.2 Å². The Morgan fingerprint density at radius 2 is 2.29 bits per heavy atom. The van der Waals surface area contributed by atoms with Gasteiger partial charge in [0, 0.05) is 18.9 Å². The van der Waals surface area contributed by atoms with Crippen molar-refractivity contribution >= 4 is 0 Å². The van der Waals surface area contributed by atoms with E-state index in [0.717, 1.165) is 11.3 Å². The Bertz CT molecular complexity index is 494. The van der Waals surface area contributed by atoms with E-state index in [1.54, 1.807) is 24.5 Å². The minimum absolute atomic E-state index is 0.205. The second-order valence-corrected chi connectivity index (χ2v) is 4.15. The molecule has 1 heterocycles. The van der Waals surface area contributed by atoms with Crippen molar-refractivity contribution in [2.45, 2.75) is 19.3 Å². The van der Waals surface area contributed by atoms with Crippen LogP contribution in [-0.2, 0) is 6.42 Å². The summed E-state index contributed by atoms with van der Waals surface area (Å²) in [6.45, 7) is 2.56. The molecule has 1 unspecified atom stereocenters. The van der Waals surface area contributed by atoms with Gasteiger partial charge in [-0.25, -0.2) is 4.98 Å². The molecule has 4 heteroatoms. The number of aromatic nitrogens is 1. The standard InChI is InChI=1S/C13H16N2O2/c1-9(7-14)12-8-17-13(15-12)6-10-3-2-4-11(16)5-10/h2-5,8-9,16H,6-7,14H2,1H3. The Morgan fingerprint density at radius 1 is 1.47 bits per heavy atom. The van der Waals surface area contributed by atoms with Gasteiger partial charge in [-0.05, 0) is 17.7 Å². The Balaban J connectivity index is 2.11. The van der Waals surface area contributed by atoms with Gasteiger partial charge in [-0.15, -0.1) is 0 Å². The van der Waals surface area contributed by atoms with E-state index in [2.05, 4.69) is 4.98 Å². The van der Waals surface area contributed by atoms with Crippen molar-refractivity contribution in [3.8, 4) is 5.75 Å². The van der Waals surface area contributed by atoms with Gasteiger partial charge in [0.25, 0.3) is 0 Å². The highest BCUT2D eigenvalue weighted by molar-refractivity contribution is 5.28. The smallest absolute Gasteiger partial charge is 0.198 e. The Kier molecular flexibility index (Phi) is 3.44. The Morgan fingerprint density at radius 3 is 3.00 bits per heavy atom. The lowest BCUT2D eigenvalue weighted by Crippen LogP contribution is -2.09. The van der Waals surface area contributed by atoms with E-state index in [-0.39, 0.29) is 11.7 Å². The quantitative estimate of drug-likeness (QED) is 0.846. The summed E-state index contributed by atoms with van der Waals surface area (Å²) >= 11 is 0. The molecule has 0 bridgehead atoms. The minimum atomic E-state index is 0.205. The van der Waals surface area contributed by atoms with Crippen LogP contribution >= 0.6 is 0 Å². The fourth-order valence-electron chi connectivity index (χ4n) is 1.59. The van der Waals surface area contributed by atoms with Crippen LogP contribution in [0.25, 0.3) is 0 Å². The first-order valence-electron chi connectivity index (χ1n) is 5.61. The molecule has 2 rings (SSSR count). The lowest BCUT2D eigenvalue weighted by Gasteiger charge is -2.01. The van der Waals surface area contributed by atoms with Crippen molar-refractivity contribution in [1.29, 1.82) is 0 Å². The zero-order valence-corrected chi connectivity index (χ0v) is 9.76. The van der Waals surface area contributed by atoms with E-state index < -0.39 is 0 Å². The van der Waals surface area contributed by atoms with Crippen LogP contribution in [0.3, 0.4) is 0 Å². The molecule has 0 aliphatic heterocycles. The third-order valence-electron chi connectivity index (χ3n) is 2.69. The maximum Gasteiger partial charge on any atom is 0.198 e. The SMILES string of the molecule is CC(CN)c1coc(Cc2cccc(O)c2)n1. The summed E-state index contributed by atoms with van der Waals surface area (Å²) in [5.74, 6) is 1.10. The zero-order chi connectivity index (χ0) is 12.3. The third kappa shape index (κ3) is 2.85. The molecule has 90 valence electrons. The monoisotopic (exact) mass is 232 g/mol. The number of phenols is 1. The summed E-state index contributed by atoms with van der Waals surface area (Å²) in [6.07, 6.45) is 2.22. The van der Waals surface area contributed by atoms with E-state index >= 15 is 0 Å². The number of oxazole rings is 1. The van der Waals surface area contributed by atoms with Gasteiger partial charge in [-0.2, -0.15) is 0 Å². The fraction of sp³-hybridized carbons (Fsp3) is 0.308. The Hall–Kier alpha value is -1.81. The molecule has 1 atom stereocenters. The first-order chi connectivity index (χ1) is 8.19. The molecule has 0 fully saturated rings. The van der Waals surface area contributed by atoms with E-state index in [9.17, 15) is 5.11 Å². The molecular formula is C13H16N2O2. The number of benzene rings is 1. The first-order valence-corrected chi connectivity index (χ1v) is 5.61. The van der Waals surface area contributed by atoms with Crippen LogP contribution in [0.1, 0.15) is 30.0 Å². The van der Waals surface area contributed by atoms with Gasteiger partial charge in [-0.1, -0.05) is 19.1 Å². The predicted octanol–water partition coefficient (Wildman–Crippen LogP) is 2.03. The zero-order valence-electron chi connectivity index (χ0n) is 9.76. The summed E-state index contributed by atoms with van der Waals surface area (Å²) < 4.78 is 5.38. The molecule has 0 spiro atoms. The lowest BCUT2D eigenvalue weighted by molar-refractivity contribution is 0.473. The highest BCUT2D eigenvalue weighted by Crippen LogP contribution is 2.17. The lowest BCUT2D eigenvalue weighted by atomic mass is 10.1. The topological polar surface area (TPSA) is 72.3 Å². The number of nitrogens with zero attached hydrogens (tertiary/aromatic N) is 1. The van der Waals surface area contributed by atoms with E-state index in [1.807, 2.05) is 13.0 Å². The van der Waals surface area contributed by atoms with Gasteiger partial charge in [-0.3, -0.25) is 0 Å². The number of hydrogen-bond acceptors (Lipinski definition) is 4. The molecule has 0 radical (unpaired) electrons. The maximum atomic E-state index is 9.36. The van der Waals surface area contributed by atoms with Crippen molar-refractivity contribution in [2.75, 3.05) is 6.54 Å². The normalized spacial score (nSPS) is 12.6.